The molecule has 2 atom stereocenters. The van der Waals surface area contributed by atoms with Crippen LogP contribution in [-0.2, 0) is 11.2 Å². The Morgan fingerprint density at radius 1 is 1.32 bits per heavy atom. The van der Waals surface area contributed by atoms with E-state index in [4.69, 9.17) is 9.26 Å². The molecule has 8 nitrogen and oxygen atoms in total. The minimum atomic E-state index is -0.151. The van der Waals surface area contributed by atoms with E-state index in [1.165, 1.54) is 13.3 Å². The van der Waals surface area contributed by atoms with E-state index >= 15 is 0 Å². The second-order valence-corrected chi connectivity index (χ2v) is 7.21. The number of nitrogens with one attached hydrogen (secondary N) is 2. The second-order valence-electron chi connectivity index (χ2n) is 7.21. The average Bonchev–Trinajstić information content (AvgIpc) is 3.11. The summed E-state index contributed by atoms with van der Waals surface area (Å²) in [5.74, 6) is 1.17. The first kappa shape index (κ1) is 19.9. The highest BCUT2D eigenvalue weighted by molar-refractivity contribution is 5.93. The zero-order chi connectivity index (χ0) is 19.9. The Kier molecular flexibility index (Phi) is 6.62. The van der Waals surface area contributed by atoms with Crippen LogP contribution in [0.5, 0.6) is 5.88 Å². The van der Waals surface area contributed by atoms with Gasteiger partial charge in [-0.2, -0.15) is 0 Å². The van der Waals surface area contributed by atoms with Gasteiger partial charge in [-0.1, -0.05) is 11.6 Å². The summed E-state index contributed by atoms with van der Waals surface area (Å²) in [5, 5.41) is 9.84. The fourth-order valence-electron chi connectivity index (χ4n) is 3.52. The van der Waals surface area contributed by atoms with Gasteiger partial charge in [0.05, 0.1) is 24.8 Å². The maximum absolute atomic E-state index is 12.3. The minimum Gasteiger partial charge on any atom is -0.481 e. The molecular formula is C20H26N4O4. The van der Waals surface area contributed by atoms with Gasteiger partial charge in [-0.25, -0.2) is 4.98 Å². The van der Waals surface area contributed by atoms with Gasteiger partial charge in [0, 0.05) is 30.9 Å². The molecule has 0 bridgehead atoms. The van der Waals surface area contributed by atoms with Gasteiger partial charge in [0.2, 0.25) is 11.8 Å². The Morgan fingerprint density at radius 2 is 2.18 bits per heavy atom. The van der Waals surface area contributed by atoms with Crippen LogP contribution in [0.4, 0.5) is 0 Å². The van der Waals surface area contributed by atoms with Crippen molar-refractivity contribution in [3.8, 4) is 5.88 Å². The molecule has 1 saturated carbocycles. The summed E-state index contributed by atoms with van der Waals surface area (Å²) in [7, 11) is 1.53. The molecule has 150 valence electrons. The van der Waals surface area contributed by atoms with Gasteiger partial charge in [-0.3, -0.25) is 9.59 Å². The Bertz CT molecular complexity index is 803. The number of rotatable bonds is 7. The lowest BCUT2D eigenvalue weighted by molar-refractivity contribution is -0.121. The fourth-order valence-corrected chi connectivity index (χ4v) is 3.52. The number of pyridine rings is 1. The average molecular weight is 386 g/mol. The Balaban J connectivity index is 1.43. The Labute approximate surface area is 164 Å². The molecule has 2 aromatic heterocycles. The smallest absolute Gasteiger partial charge is 0.252 e. The van der Waals surface area contributed by atoms with E-state index in [9.17, 15) is 9.59 Å². The molecule has 3 rings (SSSR count). The highest BCUT2D eigenvalue weighted by Crippen LogP contribution is 2.24. The van der Waals surface area contributed by atoms with E-state index in [2.05, 4.69) is 20.8 Å². The largest absolute Gasteiger partial charge is 0.481 e. The van der Waals surface area contributed by atoms with Gasteiger partial charge in [-0.15, -0.1) is 0 Å². The van der Waals surface area contributed by atoms with Gasteiger partial charge in [-0.05, 0) is 38.2 Å². The molecular weight excluding hydrogens is 360 g/mol. The molecule has 0 aromatic carbocycles. The van der Waals surface area contributed by atoms with Crippen LogP contribution in [0.2, 0.25) is 0 Å². The summed E-state index contributed by atoms with van der Waals surface area (Å²) < 4.78 is 10.1. The van der Waals surface area contributed by atoms with Crippen molar-refractivity contribution in [3.63, 3.8) is 0 Å². The predicted molar refractivity (Wildman–Crippen MR) is 102 cm³/mol. The number of nitrogens with zero attached hydrogens (tertiary/aromatic N) is 2. The topological polar surface area (TPSA) is 106 Å². The Morgan fingerprint density at radius 3 is 2.86 bits per heavy atom. The second kappa shape index (κ2) is 9.34. The normalized spacial score (nSPS) is 19.1. The zero-order valence-corrected chi connectivity index (χ0v) is 16.2. The monoisotopic (exact) mass is 386 g/mol. The molecule has 0 unspecified atom stereocenters. The van der Waals surface area contributed by atoms with Gasteiger partial charge in [0.25, 0.3) is 5.91 Å². The summed E-state index contributed by atoms with van der Waals surface area (Å²) in [4.78, 5) is 28.5. The van der Waals surface area contributed by atoms with Crippen molar-refractivity contribution in [3.05, 3.63) is 41.4 Å². The van der Waals surface area contributed by atoms with E-state index in [0.29, 0.717) is 29.7 Å². The van der Waals surface area contributed by atoms with Crippen LogP contribution in [0.25, 0.3) is 0 Å². The van der Waals surface area contributed by atoms with Crippen LogP contribution >= 0.6 is 0 Å². The van der Waals surface area contributed by atoms with Crippen molar-refractivity contribution in [2.24, 2.45) is 5.92 Å². The Hall–Kier alpha value is -2.90. The summed E-state index contributed by atoms with van der Waals surface area (Å²) >= 11 is 0. The van der Waals surface area contributed by atoms with E-state index in [-0.39, 0.29) is 24.3 Å². The number of carbonyl (C=O) groups excluding carboxylic acids is 2. The van der Waals surface area contributed by atoms with Crippen molar-refractivity contribution < 1.29 is 18.8 Å². The highest BCUT2D eigenvalue weighted by Gasteiger charge is 2.24. The van der Waals surface area contributed by atoms with Gasteiger partial charge in [0.1, 0.15) is 5.76 Å². The number of hydrogen-bond donors (Lipinski definition) is 2. The van der Waals surface area contributed by atoms with Crippen molar-refractivity contribution in [1.29, 1.82) is 0 Å². The van der Waals surface area contributed by atoms with Crippen molar-refractivity contribution in [2.45, 2.75) is 45.1 Å². The number of hydrogen-bond acceptors (Lipinski definition) is 6. The lowest BCUT2D eigenvalue weighted by atomic mass is 9.85. The maximum Gasteiger partial charge on any atom is 0.252 e. The molecule has 0 radical (unpaired) electrons. The van der Waals surface area contributed by atoms with E-state index in [0.717, 1.165) is 31.4 Å². The third-order valence-corrected chi connectivity index (χ3v) is 4.92. The molecule has 1 fully saturated rings. The summed E-state index contributed by atoms with van der Waals surface area (Å²) in [6, 6.07) is 5.25. The van der Waals surface area contributed by atoms with Crippen molar-refractivity contribution >= 4 is 11.8 Å². The number of aryl methyl sites for hydroxylation is 1. The SMILES string of the molecule is COc1ccc(C(=O)NC[C@@H]2CCC[C@H](NC(=O)Cc3cc(C)no3)C2)cn1. The van der Waals surface area contributed by atoms with E-state index < -0.39 is 0 Å². The van der Waals surface area contributed by atoms with Crippen molar-refractivity contribution in [2.75, 3.05) is 13.7 Å². The molecule has 2 N–H and O–H groups in total. The minimum absolute atomic E-state index is 0.0601. The van der Waals surface area contributed by atoms with Crippen LogP contribution in [0.1, 0.15) is 47.5 Å². The molecule has 1 aliphatic carbocycles. The van der Waals surface area contributed by atoms with Crippen LogP contribution < -0.4 is 15.4 Å². The molecule has 28 heavy (non-hydrogen) atoms. The number of methoxy groups -OCH3 is 1. The first-order valence-corrected chi connectivity index (χ1v) is 9.53. The zero-order valence-electron chi connectivity index (χ0n) is 16.2. The van der Waals surface area contributed by atoms with Crippen molar-refractivity contribution in [1.82, 2.24) is 20.8 Å². The van der Waals surface area contributed by atoms with Crippen LogP contribution in [-0.4, -0.2) is 41.7 Å². The number of amides is 2. The third-order valence-electron chi connectivity index (χ3n) is 4.92. The van der Waals surface area contributed by atoms with Gasteiger partial charge in [0.15, 0.2) is 0 Å². The summed E-state index contributed by atoms with van der Waals surface area (Å²) in [5.41, 5.74) is 1.27. The summed E-state index contributed by atoms with van der Waals surface area (Å²) in [6.45, 7) is 2.41. The third kappa shape index (κ3) is 5.55. The molecule has 0 saturated heterocycles. The lowest BCUT2D eigenvalue weighted by Crippen LogP contribution is -2.41. The molecule has 2 amide bonds. The number of carbonyl (C=O) groups is 2. The molecule has 0 aliphatic heterocycles. The molecule has 2 aromatic rings. The molecule has 1 aliphatic rings. The van der Waals surface area contributed by atoms with Crippen LogP contribution in [0.3, 0.4) is 0 Å². The quantitative estimate of drug-likeness (QED) is 0.754. The first-order chi connectivity index (χ1) is 13.5. The number of ether oxygens (including phenoxy) is 1. The highest BCUT2D eigenvalue weighted by atomic mass is 16.5. The van der Waals surface area contributed by atoms with Crippen LogP contribution in [0.15, 0.2) is 28.9 Å². The first-order valence-electron chi connectivity index (χ1n) is 9.53. The van der Waals surface area contributed by atoms with E-state index in [1.807, 2.05) is 6.92 Å². The van der Waals surface area contributed by atoms with Gasteiger partial charge < -0.3 is 19.9 Å². The van der Waals surface area contributed by atoms with Gasteiger partial charge >= 0.3 is 0 Å². The molecule has 0 spiro atoms. The number of aromatic nitrogens is 2. The fraction of sp³-hybridized carbons (Fsp3) is 0.500. The molecule has 8 heteroatoms. The predicted octanol–water partition coefficient (Wildman–Crippen LogP) is 2.03. The van der Waals surface area contributed by atoms with Crippen LogP contribution in [0, 0.1) is 12.8 Å². The van der Waals surface area contributed by atoms with E-state index in [1.54, 1.807) is 18.2 Å². The maximum atomic E-state index is 12.3. The standard InChI is InChI=1S/C20H26N4O4/c1-13-8-17(28-24-13)10-18(25)23-16-5-3-4-14(9-16)11-22-20(26)15-6-7-19(27-2)21-12-15/h6-8,12,14,16H,3-5,9-11H2,1-2H3,(H,22,26)(H,23,25)/t14-,16+/m1/s1. The lowest BCUT2D eigenvalue weighted by Gasteiger charge is -2.29. The molecule has 2 heterocycles. The summed E-state index contributed by atoms with van der Waals surface area (Å²) in [6.07, 6.45) is 5.56.